The van der Waals surface area contributed by atoms with E-state index in [4.69, 9.17) is 9.26 Å². The molecule has 0 aliphatic rings. The molecule has 0 radical (unpaired) electrons. The Labute approximate surface area is 146 Å². The van der Waals surface area contributed by atoms with Crippen LogP contribution in [-0.4, -0.2) is 24.8 Å². The molecule has 0 aliphatic heterocycles. The van der Waals surface area contributed by atoms with E-state index >= 15 is 0 Å². The summed E-state index contributed by atoms with van der Waals surface area (Å²) in [5.74, 6) is -0.121. The molecule has 25 heavy (non-hydrogen) atoms. The molecule has 3 rings (SSSR count). The monoisotopic (exact) mass is 336 g/mol. The van der Waals surface area contributed by atoms with Gasteiger partial charge in [0, 0.05) is 12.1 Å². The number of benzene rings is 2. The molecule has 1 heterocycles. The van der Waals surface area contributed by atoms with Gasteiger partial charge in [-0.3, -0.25) is 0 Å². The van der Waals surface area contributed by atoms with Crippen LogP contribution in [0.2, 0.25) is 0 Å². The standard InChI is InChI=1S/C20H20N2O3/c1-24-20(23)17-18(16-12-6-3-7-13-16)22-25-19(17)21-14-8-11-15-9-4-2-5-10-15/h2-7,9-10,12-13,21H,8,11,14H2,1H3. The van der Waals surface area contributed by atoms with E-state index in [1.165, 1.54) is 12.7 Å². The first-order valence-electron chi connectivity index (χ1n) is 8.21. The molecule has 128 valence electrons. The molecular weight excluding hydrogens is 316 g/mol. The molecule has 0 unspecified atom stereocenters. The van der Waals surface area contributed by atoms with E-state index in [2.05, 4.69) is 22.6 Å². The van der Waals surface area contributed by atoms with Crippen LogP contribution < -0.4 is 5.32 Å². The molecule has 0 bridgehead atoms. The number of nitrogens with zero attached hydrogens (tertiary/aromatic N) is 1. The normalized spacial score (nSPS) is 10.4. The Balaban J connectivity index is 1.71. The van der Waals surface area contributed by atoms with Gasteiger partial charge in [-0.1, -0.05) is 65.8 Å². The van der Waals surface area contributed by atoms with Gasteiger partial charge in [-0.15, -0.1) is 0 Å². The number of aryl methyl sites for hydroxylation is 1. The van der Waals surface area contributed by atoms with Gasteiger partial charge in [0.25, 0.3) is 0 Å². The second-order valence-electron chi connectivity index (χ2n) is 5.61. The van der Waals surface area contributed by atoms with Crippen molar-refractivity contribution in [3.8, 4) is 11.3 Å². The van der Waals surface area contributed by atoms with E-state index in [1.807, 2.05) is 48.5 Å². The molecule has 1 aromatic heterocycles. The summed E-state index contributed by atoms with van der Waals surface area (Å²) in [5, 5.41) is 7.21. The van der Waals surface area contributed by atoms with Crippen LogP contribution in [0.1, 0.15) is 22.3 Å². The largest absolute Gasteiger partial charge is 0.465 e. The molecule has 0 saturated carbocycles. The van der Waals surface area contributed by atoms with Crippen molar-refractivity contribution >= 4 is 11.9 Å². The lowest BCUT2D eigenvalue weighted by atomic mass is 10.1. The van der Waals surface area contributed by atoms with E-state index in [0.29, 0.717) is 23.7 Å². The van der Waals surface area contributed by atoms with Gasteiger partial charge in [0.05, 0.1) is 7.11 Å². The highest BCUT2D eigenvalue weighted by Crippen LogP contribution is 2.29. The number of ether oxygens (including phenoxy) is 1. The van der Waals surface area contributed by atoms with Crippen molar-refractivity contribution in [2.75, 3.05) is 19.0 Å². The van der Waals surface area contributed by atoms with Crippen molar-refractivity contribution in [1.29, 1.82) is 0 Å². The first-order valence-corrected chi connectivity index (χ1v) is 8.21. The molecule has 0 saturated heterocycles. The average Bonchev–Trinajstić information content (AvgIpc) is 3.10. The quantitative estimate of drug-likeness (QED) is 0.518. The third kappa shape index (κ3) is 4.07. The SMILES string of the molecule is COC(=O)c1c(-c2ccccc2)noc1NCCCc1ccccc1. The molecule has 0 aliphatic carbocycles. The van der Waals surface area contributed by atoms with Crippen molar-refractivity contribution in [2.24, 2.45) is 0 Å². The van der Waals surface area contributed by atoms with Gasteiger partial charge < -0.3 is 14.6 Å². The molecule has 3 aromatic rings. The first-order chi connectivity index (χ1) is 12.3. The van der Waals surface area contributed by atoms with Crippen LogP contribution in [0.4, 0.5) is 5.88 Å². The van der Waals surface area contributed by atoms with Crippen LogP contribution >= 0.6 is 0 Å². The van der Waals surface area contributed by atoms with Gasteiger partial charge in [0.1, 0.15) is 5.69 Å². The van der Waals surface area contributed by atoms with Gasteiger partial charge in [0.2, 0.25) is 5.88 Å². The zero-order valence-corrected chi connectivity index (χ0v) is 14.1. The van der Waals surface area contributed by atoms with Crippen molar-refractivity contribution in [3.63, 3.8) is 0 Å². The average molecular weight is 336 g/mol. The minimum absolute atomic E-state index is 0.327. The summed E-state index contributed by atoms with van der Waals surface area (Å²) in [6.45, 7) is 0.669. The molecule has 1 N–H and O–H groups in total. The smallest absolute Gasteiger partial charge is 0.345 e. The van der Waals surface area contributed by atoms with E-state index < -0.39 is 5.97 Å². The summed E-state index contributed by atoms with van der Waals surface area (Å²) in [6, 6.07) is 19.7. The van der Waals surface area contributed by atoms with Gasteiger partial charge in [0.15, 0.2) is 5.56 Å². The van der Waals surface area contributed by atoms with Gasteiger partial charge in [-0.05, 0) is 18.4 Å². The van der Waals surface area contributed by atoms with Crippen molar-refractivity contribution < 1.29 is 14.1 Å². The molecule has 0 spiro atoms. The van der Waals surface area contributed by atoms with Gasteiger partial charge in [-0.25, -0.2) is 4.79 Å². The maximum absolute atomic E-state index is 12.2. The zero-order chi connectivity index (χ0) is 17.5. The van der Waals surface area contributed by atoms with Gasteiger partial charge in [-0.2, -0.15) is 0 Å². The lowest BCUT2D eigenvalue weighted by Crippen LogP contribution is -2.09. The number of anilines is 1. The number of rotatable bonds is 7. The lowest BCUT2D eigenvalue weighted by molar-refractivity contribution is 0.0602. The molecule has 0 atom stereocenters. The maximum atomic E-state index is 12.2. The third-order valence-electron chi connectivity index (χ3n) is 3.90. The predicted octanol–water partition coefficient (Wildman–Crippen LogP) is 4.17. The summed E-state index contributed by atoms with van der Waals surface area (Å²) in [4.78, 5) is 12.2. The Morgan fingerprint density at radius 2 is 1.76 bits per heavy atom. The third-order valence-corrected chi connectivity index (χ3v) is 3.90. The predicted molar refractivity (Wildman–Crippen MR) is 96.5 cm³/mol. The van der Waals surface area contributed by atoms with Crippen LogP contribution in [0.25, 0.3) is 11.3 Å². The van der Waals surface area contributed by atoms with E-state index in [9.17, 15) is 4.79 Å². The number of methoxy groups -OCH3 is 1. The molecule has 5 heteroatoms. The highest BCUT2D eigenvalue weighted by atomic mass is 16.5. The van der Waals surface area contributed by atoms with Crippen LogP contribution in [0.15, 0.2) is 65.2 Å². The van der Waals surface area contributed by atoms with Crippen LogP contribution in [0.5, 0.6) is 0 Å². The zero-order valence-electron chi connectivity index (χ0n) is 14.1. The topological polar surface area (TPSA) is 64.4 Å². The van der Waals surface area contributed by atoms with E-state index in [0.717, 1.165) is 18.4 Å². The molecule has 0 fully saturated rings. The highest BCUT2D eigenvalue weighted by molar-refractivity contribution is 6.00. The summed E-state index contributed by atoms with van der Waals surface area (Å²) in [5.41, 5.74) is 2.90. The number of hydrogen-bond donors (Lipinski definition) is 1. The minimum atomic E-state index is -0.467. The summed E-state index contributed by atoms with van der Waals surface area (Å²) >= 11 is 0. The Hall–Kier alpha value is -3.08. The summed E-state index contributed by atoms with van der Waals surface area (Å²) in [6.07, 6.45) is 1.85. The fraction of sp³-hybridized carbons (Fsp3) is 0.200. The van der Waals surface area contributed by atoms with Crippen molar-refractivity contribution in [3.05, 3.63) is 71.8 Å². The minimum Gasteiger partial charge on any atom is -0.465 e. The molecular formula is C20H20N2O3. The fourth-order valence-electron chi connectivity index (χ4n) is 2.63. The second kappa shape index (κ2) is 8.15. The molecule has 2 aromatic carbocycles. The Morgan fingerprint density at radius 1 is 1.08 bits per heavy atom. The number of carbonyl (C=O) groups excluding carboxylic acids is 1. The molecule has 0 amide bonds. The number of aromatic nitrogens is 1. The van der Waals surface area contributed by atoms with Crippen LogP contribution in [0.3, 0.4) is 0 Å². The fourth-order valence-corrected chi connectivity index (χ4v) is 2.63. The number of carbonyl (C=O) groups is 1. The van der Waals surface area contributed by atoms with Crippen LogP contribution in [0, 0.1) is 0 Å². The Bertz CT molecular complexity index is 813. The number of nitrogens with one attached hydrogen (secondary N) is 1. The first kappa shape index (κ1) is 16.8. The highest BCUT2D eigenvalue weighted by Gasteiger charge is 2.24. The van der Waals surface area contributed by atoms with Gasteiger partial charge >= 0.3 is 5.97 Å². The maximum Gasteiger partial charge on any atom is 0.345 e. The lowest BCUT2D eigenvalue weighted by Gasteiger charge is -2.05. The van der Waals surface area contributed by atoms with E-state index in [1.54, 1.807) is 0 Å². The molecule has 5 nitrogen and oxygen atoms in total. The number of hydrogen-bond acceptors (Lipinski definition) is 5. The van der Waals surface area contributed by atoms with Crippen LogP contribution in [-0.2, 0) is 11.2 Å². The van der Waals surface area contributed by atoms with E-state index in [-0.39, 0.29) is 0 Å². The Morgan fingerprint density at radius 3 is 2.44 bits per heavy atom. The van der Waals surface area contributed by atoms with Crippen molar-refractivity contribution in [2.45, 2.75) is 12.8 Å². The summed E-state index contributed by atoms with van der Waals surface area (Å²) in [7, 11) is 1.35. The van der Waals surface area contributed by atoms with Crippen molar-refractivity contribution in [1.82, 2.24) is 5.16 Å². The Kier molecular flexibility index (Phi) is 5.46. The second-order valence-corrected chi connectivity index (χ2v) is 5.61. The number of esters is 1. The summed E-state index contributed by atoms with van der Waals surface area (Å²) < 4.78 is 10.3.